The van der Waals surface area contributed by atoms with E-state index in [9.17, 15) is 14.4 Å². The van der Waals surface area contributed by atoms with Gasteiger partial charge in [-0.2, -0.15) is 5.10 Å². The van der Waals surface area contributed by atoms with Gasteiger partial charge in [-0.05, 0) is 57.2 Å². The van der Waals surface area contributed by atoms with Crippen LogP contribution < -0.4 is 10.7 Å². The average Bonchev–Trinajstić information content (AvgIpc) is 3.29. The summed E-state index contributed by atoms with van der Waals surface area (Å²) in [5.74, 6) is -1.83. The molecule has 1 aliphatic rings. The number of hydrogen-bond donors (Lipinski definition) is 2. The van der Waals surface area contributed by atoms with Gasteiger partial charge in [-0.1, -0.05) is 6.42 Å². The molecule has 0 fully saturated rings. The largest absolute Gasteiger partial charge is 0.463 e. The van der Waals surface area contributed by atoms with Crippen molar-refractivity contribution >= 4 is 39.8 Å². The molecular formula is C20H23N3O5S. The Bertz CT molecular complexity index is 930. The number of ether oxygens (including phenoxy) is 1. The van der Waals surface area contributed by atoms with E-state index in [-0.39, 0.29) is 6.61 Å². The van der Waals surface area contributed by atoms with Crippen LogP contribution in [-0.4, -0.2) is 30.1 Å². The van der Waals surface area contributed by atoms with Crippen LogP contribution >= 0.6 is 11.3 Å². The van der Waals surface area contributed by atoms with Crippen molar-refractivity contribution in [1.82, 2.24) is 5.43 Å². The van der Waals surface area contributed by atoms with Gasteiger partial charge in [0.1, 0.15) is 16.5 Å². The van der Waals surface area contributed by atoms with Gasteiger partial charge in [-0.15, -0.1) is 11.3 Å². The van der Waals surface area contributed by atoms with Gasteiger partial charge in [0, 0.05) is 4.88 Å². The van der Waals surface area contributed by atoms with E-state index in [2.05, 4.69) is 15.8 Å². The molecule has 0 saturated carbocycles. The SMILES string of the molecule is CCOC(=O)c1c(NC(=O)C(=O)N/N=C(\C)c2ccco2)sc2c1CCCCC2. The first-order valence-corrected chi connectivity index (χ1v) is 10.3. The number of anilines is 1. The van der Waals surface area contributed by atoms with Crippen molar-refractivity contribution in [3.05, 3.63) is 40.2 Å². The van der Waals surface area contributed by atoms with Crippen molar-refractivity contribution in [2.75, 3.05) is 11.9 Å². The van der Waals surface area contributed by atoms with Crippen LogP contribution in [0.4, 0.5) is 5.00 Å². The Labute approximate surface area is 172 Å². The van der Waals surface area contributed by atoms with E-state index in [1.165, 1.54) is 17.6 Å². The van der Waals surface area contributed by atoms with Gasteiger partial charge in [-0.25, -0.2) is 10.2 Å². The number of carbonyl (C=O) groups is 3. The van der Waals surface area contributed by atoms with Crippen LogP contribution in [0.15, 0.2) is 27.9 Å². The lowest BCUT2D eigenvalue weighted by Gasteiger charge is -2.08. The number of nitrogens with one attached hydrogen (secondary N) is 2. The fraction of sp³-hybridized carbons (Fsp3) is 0.400. The molecule has 2 N–H and O–H groups in total. The molecule has 0 spiro atoms. The highest BCUT2D eigenvalue weighted by Crippen LogP contribution is 2.38. The van der Waals surface area contributed by atoms with Crippen LogP contribution in [0.3, 0.4) is 0 Å². The van der Waals surface area contributed by atoms with Crippen LogP contribution in [-0.2, 0) is 27.2 Å². The number of carbonyl (C=O) groups excluding carboxylic acids is 3. The summed E-state index contributed by atoms with van der Waals surface area (Å²) < 4.78 is 10.4. The molecule has 2 heterocycles. The monoisotopic (exact) mass is 417 g/mol. The molecule has 2 amide bonds. The molecule has 0 saturated heterocycles. The summed E-state index contributed by atoms with van der Waals surface area (Å²) in [4.78, 5) is 38.1. The van der Waals surface area contributed by atoms with E-state index in [1.807, 2.05) is 0 Å². The molecule has 0 radical (unpaired) electrons. The molecule has 154 valence electrons. The molecule has 29 heavy (non-hydrogen) atoms. The maximum Gasteiger partial charge on any atom is 0.341 e. The summed E-state index contributed by atoms with van der Waals surface area (Å²) in [6, 6.07) is 3.38. The molecule has 0 atom stereocenters. The van der Waals surface area contributed by atoms with Gasteiger partial charge in [0.2, 0.25) is 0 Å². The van der Waals surface area contributed by atoms with Gasteiger partial charge >= 0.3 is 17.8 Å². The van der Waals surface area contributed by atoms with Crippen LogP contribution in [0.1, 0.15) is 59.7 Å². The molecule has 0 bridgehead atoms. The lowest BCUT2D eigenvalue weighted by molar-refractivity contribution is -0.136. The number of rotatable bonds is 5. The Balaban J connectivity index is 1.76. The van der Waals surface area contributed by atoms with Gasteiger partial charge in [0.15, 0.2) is 0 Å². The summed E-state index contributed by atoms with van der Waals surface area (Å²) in [5, 5.41) is 6.78. The smallest absolute Gasteiger partial charge is 0.341 e. The topological polar surface area (TPSA) is 110 Å². The summed E-state index contributed by atoms with van der Waals surface area (Å²) in [7, 11) is 0. The number of amides is 2. The predicted octanol–water partition coefficient (Wildman–Crippen LogP) is 3.27. The first-order valence-electron chi connectivity index (χ1n) is 9.52. The second-order valence-electron chi connectivity index (χ2n) is 6.56. The average molecular weight is 417 g/mol. The molecule has 0 unspecified atom stereocenters. The molecule has 8 nitrogen and oxygen atoms in total. The minimum absolute atomic E-state index is 0.234. The molecule has 2 aromatic rings. The van der Waals surface area contributed by atoms with Crippen molar-refractivity contribution < 1.29 is 23.5 Å². The van der Waals surface area contributed by atoms with Gasteiger partial charge in [0.25, 0.3) is 0 Å². The van der Waals surface area contributed by atoms with E-state index >= 15 is 0 Å². The van der Waals surface area contributed by atoms with E-state index < -0.39 is 17.8 Å². The van der Waals surface area contributed by atoms with Crippen molar-refractivity contribution in [3.8, 4) is 0 Å². The number of thiophene rings is 1. The van der Waals surface area contributed by atoms with E-state index in [0.29, 0.717) is 22.0 Å². The van der Waals surface area contributed by atoms with Crippen molar-refractivity contribution in [2.45, 2.75) is 46.0 Å². The van der Waals surface area contributed by atoms with E-state index in [0.717, 1.165) is 42.5 Å². The normalized spacial score (nSPS) is 13.9. The van der Waals surface area contributed by atoms with Gasteiger partial charge in [0.05, 0.1) is 18.4 Å². The fourth-order valence-corrected chi connectivity index (χ4v) is 4.41. The van der Waals surface area contributed by atoms with Gasteiger partial charge < -0.3 is 14.5 Å². The second kappa shape index (κ2) is 9.51. The lowest BCUT2D eigenvalue weighted by Crippen LogP contribution is -2.33. The predicted molar refractivity (Wildman–Crippen MR) is 109 cm³/mol. The number of esters is 1. The molecule has 1 aliphatic carbocycles. The zero-order chi connectivity index (χ0) is 20.8. The minimum atomic E-state index is -0.936. The maximum absolute atomic E-state index is 12.5. The van der Waals surface area contributed by atoms with Gasteiger partial charge in [-0.3, -0.25) is 9.59 Å². The molecular weight excluding hydrogens is 394 g/mol. The summed E-state index contributed by atoms with van der Waals surface area (Å²) in [5.41, 5.74) is 3.91. The number of furan rings is 1. The highest BCUT2D eigenvalue weighted by Gasteiger charge is 2.27. The second-order valence-corrected chi connectivity index (χ2v) is 7.66. The summed E-state index contributed by atoms with van der Waals surface area (Å²) in [6.45, 7) is 3.61. The van der Waals surface area contributed by atoms with Crippen LogP contribution in [0.2, 0.25) is 0 Å². The first kappa shape index (κ1) is 20.8. The first-order chi connectivity index (χ1) is 14.0. The zero-order valence-corrected chi connectivity index (χ0v) is 17.2. The molecule has 0 aromatic carbocycles. The van der Waals surface area contributed by atoms with Crippen molar-refractivity contribution in [1.29, 1.82) is 0 Å². The quantitative estimate of drug-likeness (QED) is 0.255. The molecule has 0 aliphatic heterocycles. The number of aryl methyl sites for hydroxylation is 1. The number of hydrazone groups is 1. The Morgan fingerprint density at radius 1 is 1.21 bits per heavy atom. The number of nitrogens with zero attached hydrogens (tertiary/aromatic N) is 1. The van der Waals surface area contributed by atoms with Crippen LogP contribution in [0.5, 0.6) is 0 Å². The molecule has 3 rings (SSSR count). The number of fused-ring (bicyclic) bond motifs is 1. The maximum atomic E-state index is 12.5. The number of hydrogen-bond acceptors (Lipinski definition) is 7. The Morgan fingerprint density at radius 3 is 2.72 bits per heavy atom. The van der Waals surface area contributed by atoms with Crippen LogP contribution in [0.25, 0.3) is 0 Å². The Kier molecular flexibility index (Phi) is 6.82. The van der Waals surface area contributed by atoms with Crippen LogP contribution in [0, 0.1) is 0 Å². The summed E-state index contributed by atoms with van der Waals surface area (Å²) in [6.07, 6.45) is 6.20. The fourth-order valence-electron chi connectivity index (χ4n) is 3.13. The lowest BCUT2D eigenvalue weighted by atomic mass is 10.1. The van der Waals surface area contributed by atoms with Crippen molar-refractivity contribution in [2.24, 2.45) is 5.10 Å². The van der Waals surface area contributed by atoms with E-state index in [4.69, 9.17) is 9.15 Å². The Hall–Kier alpha value is -2.94. The Morgan fingerprint density at radius 2 is 2.00 bits per heavy atom. The standard InChI is InChI=1S/C20H23N3O5S/c1-3-27-20(26)16-13-8-5-4-6-10-15(13)29-19(16)21-17(24)18(25)23-22-12(2)14-9-7-11-28-14/h7,9,11H,3-6,8,10H2,1-2H3,(H,21,24)(H,23,25)/b22-12+. The third-order valence-corrected chi connectivity index (χ3v) is 5.74. The third kappa shape index (κ3) is 4.92. The van der Waals surface area contributed by atoms with Crippen molar-refractivity contribution in [3.63, 3.8) is 0 Å². The highest BCUT2D eigenvalue weighted by molar-refractivity contribution is 7.17. The summed E-state index contributed by atoms with van der Waals surface area (Å²) >= 11 is 1.33. The zero-order valence-electron chi connectivity index (χ0n) is 16.4. The third-order valence-electron chi connectivity index (χ3n) is 4.54. The highest BCUT2D eigenvalue weighted by atomic mass is 32.1. The molecule has 2 aromatic heterocycles. The molecule has 9 heteroatoms. The minimum Gasteiger partial charge on any atom is -0.463 e. The van der Waals surface area contributed by atoms with E-state index in [1.54, 1.807) is 26.0 Å².